The summed E-state index contributed by atoms with van der Waals surface area (Å²) in [4.78, 5) is 19.1. The lowest BCUT2D eigenvalue weighted by Crippen LogP contribution is -2.54. The predicted molar refractivity (Wildman–Crippen MR) is 105 cm³/mol. The van der Waals surface area contributed by atoms with Crippen LogP contribution in [0.1, 0.15) is 31.9 Å². The van der Waals surface area contributed by atoms with Gasteiger partial charge in [0, 0.05) is 12.1 Å². The molecule has 136 valence electrons. The zero-order valence-corrected chi connectivity index (χ0v) is 15.6. The van der Waals surface area contributed by atoms with Crippen LogP contribution in [0.2, 0.25) is 0 Å². The molecule has 2 amide bonds. The number of rotatable bonds is 5. The van der Waals surface area contributed by atoms with Crippen LogP contribution in [0, 0.1) is 0 Å². The monoisotopic (exact) mass is 350 g/mol. The van der Waals surface area contributed by atoms with E-state index in [-0.39, 0.29) is 17.7 Å². The fraction of sp³-hybridized carbons (Fsp3) is 0.333. The first kappa shape index (κ1) is 18.1. The molecule has 3 rings (SSSR count). The first-order valence-corrected chi connectivity index (χ1v) is 8.91. The number of hydrogen-bond donors (Lipinski definition) is 2. The molecular formula is C21H26N4O. The standard InChI is InChI=1S/C21H26N4O/c1-21(2,3)25-19(23-15-17-12-8-5-9-13-17)18(24-20(25)26)22-14-16-10-6-4-7-11-16/h4-13,19,23H,14-15H2,1-3H3,(H,22,24,26)/t19-/m1/s1. The number of benzene rings is 2. The molecule has 2 N–H and O–H groups in total. The van der Waals surface area contributed by atoms with Crippen molar-refractivity contribution in [2.75, 3.05) is 0 Å². The largest absolute Gasteiger partial charge is 0.324 e. The molecule has 1 fully saturated rings. The summed E-state index contributed by atoms with van der Waals surface area (Å²) < 4.78 is 0. The minimum Gasteiger partial charge on any atom is -0.297 e. The molecule has 0 radical (unpaired) electrons. The van der Waals surface area contributed by atoms with Crippen molar-refractivity contribution in [3.63, 3.8) is 0 Å². The first-order valence-electron chi connectivity index (χ1n) is 8.91. The van der Waals surface area contributed by atoms with Gasteiger partial charge in [-0.15, -0.1) is 0 Å². The normalized spacial score (nSPS) is 19.0. The summed E-state index contributed by atoms with van der Waals surface area (Å²) in [5.41, 5.74) is 1.97. The third-order valence-electron chi connectivity index (χ3n) is 4.31. The van der Waals surface area contributed by atoms with Crippen molar-refractivity contribution in [2.45, 2.75) is 45.6 Å². The molecule has 0 aliphatic carbocycles. The molecule has 26 heavy (non-hydrogen) atoms. The van der Waals surface area contributed by atoms with Gasteiger partial charge in [-0.2, -0.15) is 0 Å². The number of amidine groups is 1. The van der Waals surface area contributed by atoms with Crippen LogP contribution in [0.5, 0.6) is 0 Å². The number of nitrogens with zero attached hydrogens (tertiary/aromatic N) is 2. The van der Waals surface area contributed by atoms with E-state index in [4.69, 9.17) is 0 Å². The Morgan fingerprint density at radius 2 is 1.58 bits per heavy atom. The molecule has 2 aromatic rings. The van der Waals surface area contributed by atoms with Gasteiger partial charge in [-0.3, -0.25) is 20.5 Å². The molecule has 0 saturated carbocycles. The highest BCUT2D eigenvalue weighted by Gasteiger charge is 2.42. The van der Waals surface area contributed by atoms with E-state index in [1.807, 2.05) is 74.2 Å². The van der Waals surface area contributed by atoms with Crippen LogP contribution in [0.4, 0.5) is 4.79 Å². The van der Waals surface area contributed by atoms with Crippen LogP contribution in [0.15, 0.2) is 65.7 Å². The van der Waals surface area contributed by atoms with Gasteiger partial charge in [-0.1, -0.05) is 60.7 Å². The second-order valence-electron chi connectivity index (χ2n) is 7.43. The van der Waals surface area contributed by atoms with Crippen LogP contribution in [-0.4, -0.2) is 28.5 Å². The van der Waals surface area contributed by atoms with Gasteiger partial charge in [0.05, 0.1) is 6.54 Å². The highest BCUT2D eigenvalue weighted by atomic mass is 16.2. The molecule has 1 atom stereocenters. The number of aliphatic imine (C=N–C) groups is 1. The van der Waals surface area contributed by atoms with E-state index in [9.17, 15) is 4.79 Å². The Bertz CT molecular complexity index is 766. The lowest BCUT2D eigenvalue weighted by molar-refractivity contribution is 0.135. The summed E-state index contributed by atoms with van der Waals surface area (Å²) in [6.45, 7) is 7.30. The van der Waals surface area contributed by atoms with Crippen LogP contribution in [0.25, 0.3) is 0 Å². The Kier molecular flexibility index (Phi) is 5.38. The van der Waals surface area contributed by atoms with Crippen LogP contribution in [-0.2, 0) is 13.1 Å². The van der Waals surface area contributed by atoms with Gasteiger partial charge in [0.25, 0.3) is 0 Å². The van der Waals surface area contributed by atoms with Gasteiger partial charge in [-0.25, -0.2) is 4.79 Å². The zero-order valence-electron chi connectivity index (χ0n) is 15.6. The van der Waals surface area contributed by atoms with E-state index in [0.717, 1.165) is 5.56 Å². The molecule has 5 heteroatoms. The fourth-order valence-electron chi connectivity index (χ4n) is 3.05. The zero-order chi connectivity index (χ0) is 18.6. The highest BCUT2D eigenvalue weighted by Crippen LogP contribution is 2.21. The average molecular weight is 350 g/mol. The fourth-order valence-corrected chi connectivity index (χ4v) is 3.05. The van der Waals surface area contributed by atoms with Gasteiger partial charge >= 0.3 is 6.03 Å². The van der Waals surface area contributed by atoms with E-state index in [1.165, 1.54) is 5.56 Å². The Morgan fingerprint density at radius 3 is 2.15 bits per heavy atom. The average Bonchev–Trinajstić information content (AvgIpc) is 2.95. The van der Waals surface area contributed by atoms with Gasteiger partial charge in [0.1, 0.15) is 12.0 Å². The molecule has 1 saturated heterocycles. The van der Waals surface area contributed by atoms with Gasteiger partial charge in [0.15, 0.2) is 0 Å². The van der Waals surface area contributed by atoms with Crippen molar-refractivity contribution in [1.82, 2.24) is 15.5 Å². The van der Waals surface area contributed by atoms with E-state index in [0.29, 0.717) is 18.9 Å². The number of hydrogen-bond acceptors (Lipinski definition) is 3. The predicted octanol–water partition coefficient (Wildman–Crippen LogP) is 3.52. The third kappa shape index (κ3) is 4.29. The maximum atomic E-state index is 12.6. The summed E-state index contributed by atoms with van der Waals surface area (Å²) in [6.07, 6.45) is -0.272. The highest BCUT2D eigenvalue weighted by molar-refractivity contribution is 6.07. The van der Waals surface area contributed by atoms with Crippen molar-refractivity contribution in [2.24, 2.45) is 4.99 Å². The summed E-state index contributed by atoms with van der Waals surface area (Å²) in [5, 5.41) is 6.42. The Labute approximate surface area is 155 Å². The van der Waals surface area contributed by atoms with Crippen molar-refractivity contribution < 1.29 is 4.79 Å². The van der Waals surface area contributed by atoms with Gasteiger partial charge in [0.2, 0.25) is 0 Å². The lowest BCUT2D eigenvalue weighted by atomic mass is 10.1. The maximum absolute atomic E-state index is 12.6. The van der Waals surface area contributed by atoms with Gasteiger partial charge < -0.3 is 0 Å². The van der Waals surface area contributed by atoms with Crippen LogP contribution < -0.4 is 10.6 Å². The molecule has 0 bridgehead atoms. The van der Waals surface area contributed by atoms with E-state index >= 15 is 0 Å². The van der Waals surface area contributed by atoms with Crippen molar-refractivity contribution in [3.05, 3.63) is 71.8 Å². The van der Waals surface area contributed by atoms with Crippen molar-refractivity contribution in [3.8, 4) is 0 Å². The van der Waals surface area contributed by atoms with Crippen molar-refractivity contribution >= 4 is 11.9 Å². The molecule has 2 aromatic carbocycles. The smallest absolute Gasteiger partial charge is 0.297 e. The number of carbonyl (C=O) groups excluding carboxylic acids is 1. The number of amides is 2. The van der Waals surface area contributed by atoms with Gasteiger partial charge in [-0.05, 0) is 31.9 Å². The van der Waals surface area contributed by atoms with E-state index < -0.39 is 0 Å². The molecule has 1 aliphatic rings. The topological polar surface area (TPSA) is 56.7 Å². The Hall–Kier alpha value is -2.66. The number of urea groups is 1. The molecule has 0 unspecified atom stereocenters. The summed E-state index contributed by atoms with van der Waals surface area (Å²) >= 11 is 0. The molecule has 0 spiro atoms. The molecule has 0 aromatic heterocycles. The van der Waals surface area contributed by atoms with Crippen molar-refractivity contribution in [1.29, 1.82) is 0 Å². The second kappa shape index (κ2) is 7.70. The Balaban J connectivity index is 1.80. The summed E-state index contributed by atoms with van der Waals surface area (Å²) in [7, 11) is 0. The minimum atomic E-state index is -0.317. The number of carbonyl (C=O) groups is 1. The summed E-state index contributed by atoms with van der Waals surface area (Å²) in [5.74, 6) is 0.671. The summed E-state index contributed by atoms with van der Waals surface area (Å²) in [6, 6.07) is 20.1. The van der Waals surface area contributed by atoms with E-state index in [2.05, 4.69) is 27.8 Å². The minimum absolute atomic E-state index is 0.116. The van der Waals surface area contributed by atoms with Crippen LogP contribution >= 0.6 is 0 Å². The molecule has 1 heterocycles. The lowest BCUT2D eigenvalue weighted by Gasteiger charge is -2.35. The van der Waals surface area contributed by atoms with E-state index in [1.54, 1.807) is 0 Å². The molecular weight excluding hydrogens is 324 g/mol. The quantitative estimate of drug-likeness (QED) is 0.867. The Morgan fingerprint density at radius 1 is 1.00 bits per heavy atom. The molecule has 5 nitrogen and oxygen atoms in total. The van der Waals surface area contributed by atoms with Crippen LogP contribution in [0.3, 0.4) is 0 Å². The first-order chi connectivity index (χ1) is 12.4. The number of nitrogens with one attached hydrogen (secondary N) is 2. The second-order valence-corrected chi connectivity index (χ2v) is 7.43. The SMILES string of the molecule is CC(C)(C)N1C(=O)NC(=NCc2ccccc2)[C@@H]1NCc1ccccc1. The molecule has 1 aliphatic heterocycles. The maximum Gasteiger partial charge on any atom is 0.324 e. The third-order valence-corrected chi connectivity index (χ3v) is 4.31.